The van der Waals surface area contributed by atoms with E-state index in [1.165, 1.54) is 64.2 Å². The predicted molar refractivity (Wildman–Crippen MR) is 274 cm³/mol. The smallest absolute Gasteiger partial charge is 0.306 e. The average molecular weight is 887 g/mol. The summed E-state index contributed by atoms with van der Waals surface area (Å²) in [4.78, 5) is 38.0. The Bertz CT molecular complexity index is 1340. The van der Waals surface area contributed by atoms with Crippen molar-refractivity contribution in [1.29, 1.82) is 0 Å². The Kier molecular flexibility index (Phi) is 48.5. The summed E-state index contributed by atoms with van der Waals surface area (Å²) in [6.07, 6.45) is 69.2. The molecule has 0 N–H and O–H groups in total. The summed E-state index contributed by atoms with van der Waals surface area (Å²) in [6.45, 7) is 6.37. The second kappa shape index (κ2) is 51.7. The van der Waals surface area contributed by atoms with Crippen LogP contribution in [0.25, 0.3) is 0 Å². The molecule has 0 bridgehead atoms. The van der Waals surface area contributed by atoms with Crippen molar-refractivity contribution in [3.63, 3.8) is 0 Å². The fraction of sp³-hybridized carbons (Fsp3) is 0.638. The molecule has 0 aromatic rings. The molecule has 0 fully saturated rings. The summed E-state index contributed by atoms with van der Waals surface area (Å²) in [7, 11) is 0. The van der Waals surface area contributed by atoms with E-state index in [9.17, 15) is 14.4 Å². The first kappa shape index (κ1) is 60.1. The first-order valence-electron chi connectivity index (χ1n) is 26.0. The number of unbranched alkanes of at least 4 members (excludes halogenated alkanes) is 22. The van der Waals surface area contributed by atoms with Gasteiger partial charge in [0, 0.05) is 19.3 Å². The molecule has 0 aliphatic heterocycles. The minimum atomic E-state index is -0.811. The Labute approximate surface area is 393 Å². The second-order valence-corrected chi connectivity index (χ2v) is 16.9. The van der Waals surface area contributed by atoms with Crippen LogP contribution in [-0.4, -0.2) is 37.2 Å². The van der Waals surface area contributed by atoms with Gasteiger partial charge in [0.2, 0.25) is 0 Å². The number of hydrogen-bond donors (Lipinski definition) is 0. The highest BCUT2D eigenvalue weighted by atomic mass is 16.6. The molecule has 0 spiro atoms. The standard InChI is InChI=1S/C58H94O6/c1-4-7-10-13-16-19-22-25-27-28-29-31-33-36-39-42-45-48-51-57(60)63-54-55(53-62-56(59)50-47-44-41-38-35-32-24-21-18-15-12-9-6-3)64-58(61)52-49-46-43-40-37-34-30-26-23-20-17-14-11-8-5-2/h9,12,15,17-18,20-29,31-32,35,55H,4-8,10-11,13-14,16,19,30,33-34,36-54H2,1-3H3/b12-9-,18-15-,20-17-,24-21-,25-22-,26-23-,28-27-,31-29-,35-32-. The van der Waals surface area contributed by atoms with Crippen molar-refractivity contribution in [3.8, 4) is 0 Å². The molecule has 0 rings (SSSR count). The van der Waals surface area contributed by atoms with E-state index in [1.54, 1.807) is 0 Å². The van der Waals surface area contributed by atoms with Crippen LogP contribution in [0, 0.1) is 0 Å². The Hall–Kier alpha value is -3.93. The van der Waals surface area contributed by atoms with Crippen LogP contribution < -0.4 is 0 Å². The highest BCUT2D eigenvalue weighted by molar-refractivity contribution is 5.71. The topological polar surface area (TPSA) is 78.9 Å². The summed E-state index contributed by atoms with van der Waals surface area (Å²) < 4.78 is 16.7. The van der Waals surface area contributed by atoms with Gasteiger partial charge < -0.3 is 14.2 Å². The highest BCUT2D eigenvalue weighted by Gasteiger charge is 2.19. The van der Waals surface area contributed by atoms with Crippen LogP contribution in [-0.2, 0) is 28.6 Å². The molecule has 6 nitrogen and oxygen atoms in total. The van der Waals surface area contributed by atoms with E-state index in [1.807, 2.05) is 36.5 Å². The van der Waals surface area contributed by atoms with Crippen molar-refractivity contribution in [2.24, 2.45) is 0 Å². The van der Waals surface area contributed by atoms with Gasteiger partial charge in [-0.3, -0.25) is 14.4 Å². The molecular formula is C58H94O6. The lowest BCUT2D eigenvalue weighted by Gasteiger charge is -2.18. The highest BCUT2D eigenvalue weighted by Crippen LogP contribution is 2.13. The third kappa shape index (κ3) is 49.1. The number of ether oxygens (including phenoxy) is 3. The van der Waals surface area contributed by atoms with Gasteiger partial charge >= 0.3 is 17.9 Å². The van der Waals surface area contributed by atoms with Gasteiger partial charge in [-0.1, -0.05) is 220 Å². The summed E-state index contributed by atoms with van der Waals surface area (Å²) in [5.41, 5.74) is 0. The summed E-state index contributed by atoms with van der Waals surface area (Å²) in [6, 6.07) is 0. The van der Waals surface area contributed by atoms with Crippen molar-refractivity contribution in [2.45, 2.75) is 226 Å². The van der Waals surface area contributed by atoms with Crippen LogP contribution in [0.3, 0.4) is 0 Å². The number of rotatable bonds is 45. The molecule has 0 radical (unpaired) electrons. The maximum absolute atomic E-state index is 12.8. The minimum absolute atomic E-state index is 0.109. The lowest BCUT2D eigenvalue weighted by molar-refractivity contribution is -0.167. The van der Waals surface area contributed by atoms with Crippen LogP contribution in [0.15, 0.2) is 109 Å². The predicted octanol–water partition coefficient (Wildman–Crippen LogP) is 17.1. The zero-order valence-electron chi connectivity index (χ0n) is 41.3. The third-order valence-corrected chi connectivity index (χ3v) is 10.7. The molecule has 0 aliphatic rings. The SMILES string of the molecule is CC\C=C/C=C\C=C/C=C\CCCCCC(=O)OCC(COC(=O)CCCCCCC\C=C/C=C\C=C/CCCCCCC)OC(=O)CCCCCCCC/C=C\C=C/CCCCC. The number of carbonyl (C=O) groups is 3. The van der Waals surface area contributed by atoms with E-state index < -0.39 is 6.10 Å². The zero-order chi connectivity index (χ0) is 46.5. The van der Waals surface area contributed by atoms with Crippen LogP contribution in [0.1, 0.15) is 220 Å². The molecule has 1 atom stereocenters. The molecule has 64 heavy (non-hydrogen) atoms. The van der Waals surface area contributed by atoms with Gasteiger partial charge in [-0.25, -0.2) is 0 Å². The van der Waals surface area contributed by atoms with Crippen LogP contribution >= 0.6 is 0 Å². The molecule has 0 aromatic carbocycles. The fourth-order valence-corrected chi connectivity index (χ4v) is 6.74. The van der Waals surface area contributed by atoms with Crippen LogP contribution in [0.2, 0.25) is 0 Å². The number of carbonyl (C=O) groups excluding carboxylic acids is 3. The normalized spacial score (nSPS) is 13.0. The van der Waals surface area contributed by atoms with Crippen LogP contribution in [0.4, 0.5) is 0 Å². The third-order valence-electron chi connectivity index (χ3n) is 10.7. The lowest BCUT2D eigenvalue weighted by Crippen LogP contribution is -2.30. The Balaban J connectivity index is 4.51. The van der Waals surface area contributed by atoms with Gasteiger partial charge in [-0.05, 0) is 89.9 Å². The first-order valence-corrected chi connectivity index (χ1v) is 26.0. The molecule has 0 saturated heterocycles. The van der Waals surface area contributed by atoms with E-state index in [4.69, 9.17) is 14.2 Å². The van der Waals surface area contributed by atoms with Crippen molar-refractivity contribution in [3.05, 3.63) is 109 Å². The Morgan fingerprint density at radius 3 is 1.02 bits per heavy atom. The summed E-state index contributed by atoms with van der Waals surface area (Å²) >= 11 is 0. The molecule has 6 heteroatoms. The second-order valence-electron chi connectivity index (χ2n) is 16.9. The number of hydrogen-bond acceptors (Lipinski definition) is 6. The van der Waals surface area contributed by atoms with E-state index in [-0.39, 0.29) is 31.1 Å². The van der Waals surface area contributed by atoms with Crippen molar-refractivity contribution in [1.82, 2.24) is 0 Å². The van der Waals surface area contributed by atoms with Gasteiger partial charge in [0.25, 0.3) is 0 Å². The van der Waals surface area contributed by atoms with Gasteiger partial charge in [0.1, 0.15) is 13.2 Å². The van der Waals surface area contributed by atoms with Gasteiger partial charge in [-0.15, -0.1) is 0 Å². The maximum Gasteiger partial charge on any atom is 0.306 e. The Morgan fingerprint density at radius 2 is 0.609 bits per heavy atom. The van der Waals surface area contributed by atoms with Crippen molar-refractivity contribution >= 4 is 17.9 Å². The van der Waals surface area contributed by atoms with Crippen LogP contribution in [0.5, 0.6) is 0 Å². The monoisotopic (exact) mass is 887 g/mol. The first-order chi connectivity index (χ1) is 31.5. The summed E-state index contributed by atoms with van der Waals surface area (Å²) in [5.74, 6) is -0.984. The molecule has 1 unspecified atom stereocenters. The molecule has 0 heterocycles. The minimum Gasteiger partial charge on any atom is -0.462 e. The quantitative estimate of drug-likeness (QED) is 0.0262. The Morgan fingerprint density at radius 1 is 0.328 bits per heavy atom. The van der Waals surface area contributed by atoms with E-state index >= 15 is 0 Å². The van der Waals surface area contributed by atoms with Gasteiger partial charge in [0.05, 0.1) is 0 Å². The average Bonchev–Trinajstić information content (AvgIpc) is 3.29. The van der Waals surface area contributed by atoms with Crippen molar-refractivity contribution < 1.29 is 28.6 Å². The molecule has 0 saturated carbocycles. The zero-order valence-corrected chi connectivity index (χ0v) is 41.3. The largest absolute Gasteiger partial charge is 0.462 e. The molecule has 0 amide bonds. The van der Waals surface area contributed by atoms with Gasteiger partial charge in [0.15, 0.2) is 6.10 Å². The van der Waals surface area contributed by atoms with E-state index in [0.29, 0.717) is 19.3 Å². The maximum atomic E-state index is 12.8. The van der Waals surface area contributed by atoms with Crippen molar-refractivity contribution in [2.75, 3.05) is 13.2 Å². The number of esters is 3. The molecule has 0 aromatic heterocycles. The van der Waals surface area contributed by atoms with E-state index in [2.05, 4.69) is 93.7 Å². The molecular weight excluding hydrogens is 793 g/mol. The lowest BCUT2D eigenvalue weighted by atomic mass is 10.1. The van der Waals surface area contributed by atoms with Gasteiger partial charge in [-0.2, -0.15) is 0 Å². The molecule has 0 aliphatic carbocycles. The molecule has 362 valence electrons. The van der Waals surface area contributed by atoms with E-state index in [0.717, 1.165) is 116 Å². The fourth-order valence-electron chi connectivity index (χ4n) is 6.74. The number of allylic oxidation sites excluding steroid dienone is 18. The summed E-state index contributed by atoms with van der Waals surface area (Å²) in [5, 5.41) is 0.